The minimum absolute atomic E-state index is 0. The Kier molecular flexibility index (Phi) is 7.13. The van der Waals surface area contributed by atoms with Gasteiger partial charge >= 0.3 is 0 Å². The molecule has 0 bridgehead atoms. The van der Waals surface area contributed by atoms with Crippen molar-refractivity contribution in [3.05, 3.63) is 109 Å². The van der Waals surface area contributed by atoms with Crippen LogP contribution in [-0.4, -0.2) is 20.4 Å². The number of aromatic nitrogens is 2. The Morgan fingerprint density at radius 3 is 2.37 bits per heavy atom. The maximum atomic E-state index is 10.0. The first kappa shape index (κ1) is 25.8. The zero-order valence-electron chi connectivity index (χ0n) is 20.7. The number of hydrogen-bond acceptors (Lipinski definition) is 4. The number of fused-ring (bicyclic) bond motifs is 3. The number of benzene rings is 4. The number of nitrogens with zero attached hydrogens (tertiary/aromatic N) is 2. The van der Waals surface area contributed by atoms with Crippen LogP contribution in [0.5, 0.6) is 0 Å². The standard InChI is InChI=1S/C27H15N2S.C5H8O2.Ir/c1-2-9-18(10-3-1)29-21-13-6-11-19-25(21)26-22(29)14-7-15-23(26)30-24-16-17-8-4-5-12-20(17)28-27(19)24;1-4(6)3-5(2)7;/h1-10,12-16H;3,6H,1-2H3;/q-1;;/b;4-3-;. The molecule has 0 aliphatic carbocycles. The summed E-state index contributed by atoms with van der Waals surface area (Å²) in [6, 6.07) is 35.5. The van der Waals surface area contributed by atoms with E-state index in [4.69, 9.17) is 10.1 Å². The van der Waals surface area contributed by atoms with E-state index in [9.17, 15) is 4.79 Å². The van der Waals surface area contributed by atoms with Gasteiger partial charge in [0.2, 0.25) is 0 Å². The van der Waals surface area contributed by atoms with Gasteiger partial charge in [-0.05, 0) is 66.5 Å². The third kappa shape index (κ3) is 4.52. The molecule has 38 heavy (non-hydrogen) atoms. The molecule has 0 spiro atoms. The maximum Gasteiger partial charge on any atom is 0.155 e. The first-order chi connectivity index (χ1) is 18.0. The van der Waals surface area contributed by atoms with Crippen molar-refractivity contribution in [2.75, 3.05) is 0 Å². The molecule has 0 aliphatic heterocycles. The molecule has 0 saturated heterocycles. The van der Waals surface area contributed by atoms with Crippen LogP contribution in [0.4, 0.5) is 0 Å². The molecular formula is C32H23IrN2O2S-. The molecule has 3 aromatic heterocycles. The van der Waals surface area contributed by atoms with Gasteiger partial charge in [-0.15, -0.1) is 34.9 Å². The number of para-hydroxylation sites is 2. The van der Waals surface area contributed by atoms with Crippen LogP contribution in [0.1, 0.15) is 13.8 Å². The minimum atomic E-state index is -0.125. The number of carbonyl (C=O) groups excluding carboxylic acids is 1. The molecule has 7 aromatic rings. The van der Waals surface area contributed by atoms with Crippen LogP contribution >= 0.6 is 11.3 Å². The van der Waals surface area contributed by atoms with Gasteiger partial charge in [0.15, 0.2) is 5.78 Å². The molecule has 189 valence electrons. The Labute approximate surface area is 237 Å². The summed E-state index contributed by atoms with van der Waals surface area (Å²) in [4.78, 5) is 15.1. The Morgan fingerprint density at radius 2 is 1.63 bits per heavy atom. The third-order valence-electron chi connectivity index (χ3n) is 6.28. The molecule has 0 aliphatic rings. The van der Waals surface area contributed by atoms with Crippen molar-refractivity contribution in [1.82, 2.24) is 9.55 Å². The molecule has 0 saturated carbocycles. The van der Waals surface area contributed by atoms with Crippen molar-refractivity contribution in [2.45, 2.75) is 13.8 Å². The van der Waals surface area contributed by atoms with E-state index >= 15 is 0 Å². The second-order valence-corrected chi connectivity index (χ2v) is 10.0. The van der Waals surface area contributed by atoms with Crippen molar-refractivity contribution in [1.29, 1.82) is 0 Å². The number of aliphatic hydroxyl groups excluding tert-OH is 1. The number of aliphatic hydroxyl groups is 1. The number of pyridine rings is 1. The molecule has 0 unspecified atom stereocenters. The predicted molar refractivity (Wildman–Crippen MR) is 155 cm³/mol. The molecular weight excluding hydrogens is 669 g/mol. The molecule has 4 aromatic carbocycles. The van der Waals surface area contributed by atoms with Gasteiger partial charge in [-0.25, -0.2) is 0 Å². The second-order valence-electron chi connectivity index (χ2n) is 8.96. The Morgan fingerprint density at radius 1 is 0.895 bits per heavy atom. The Bertz CT molecular complexity index is 1980. The van der Waals surface area contributed by atoms with E-state index in [-0.39, 0.29) is 31.6 Å². The van der Waals surface area contributed by atoms with Crippen LogP contribution in [0.3, 0.4) is 0 Å². The SMILES string of the molecule is CC(=O)/C=C(/C)O.[Ir].[c-]1ccc2c3c1c1nc4ccccc4cc1sc1cccc(c13)n2-c1ccccc1. The number of carbonyl (C=O) groups is 1. The number of rotatable bonds is 2. The van der Waals surface area contributed by atoms with Crippen molar-refractivity contribution in [2.24, 2.45) is 0 Å². The van der Waals surface area contributed by atoms with E-state index in [1.807, 2.05) is 17.4 Å². The summed E-state index contributed by atoms with van der Waals surface area (Å²) in [6.07, 6.45) is 1.17. The maximum absolute atomic E-state index is 10.0. The predicted octanol–water partition coefficient (Wildman–Crippen LogP) is 8.53. The topological polar surface area (TPSA) is 55.1 Å². The fraction of sp³-hybridized carbons (Fsp3) is 0.0625. The molecule has 0 atom stereocenters. The van der Waals surface area contributed by atoms with Gasteiger partial charge in [0.1, 0.15) is 0 Å². The first-order valence-electron chi connectivity index (χ1n) is 12.0. The van der Waals surface area contributed by atoms with Gasteiger partial charge in [0.05, 0.1) is 11.3 Å². The summed E-state index contributed by atoms with van der Waals surface area (Å²) in [5, 5.41) is 13.1. The zero-order valence-corrected chi connectivity index (χ0v) is 23.9. The quantitative estimate of drug-likeness (QED) is 0.112. The van der Waals surface area contributed by atoms with Gasteiger partial charge in [-0.1, -0.05) is 47.9 Å². The summed E-state index contributed by atoms with van der Waals surface area (Å²) in [7, 11) is 0. The summed E-state index contributed by atoms with van der Waals surface area (Å²) in [6.45, 7) is 2.85. The van der Waals surface area contributed by atoms with E-state index in [0.717, 1.165) is 16.4 Å². The first-order valence-corrected chi connectivity index (χ1v) is 12.8. The van der Waals surface area contributed by atoms with Gasteiger partial charge < -0.3 is 9.67 Å². The van der Waals surface area contributed by atoms with E-state index < -0.39 is 0 Å². The van der Waals surface area contributed by atoms with Crippen molar-refractivity contribution < 1.29 is 30.0 Å². The molecule has 0 fully saturated rings. The normalized spacial score (nSPS) is 11.6. The monoisotopic (exact) mass is 692 g/mol. The van der Waals surface area contributed by atoms with Crippen LogP contribution in [0.15, 0.2) is 103 Å². The van der Waals surface area contributed by atoms with Crippen LogP contribution in [0.2, 0.25) is 0 Å². The smallest absolute Gasteiger partial charge is 0.155 e. The van der Waals surface area contributed by atoms with Crippen LogP contribution in [-0.2, 0) is 24.9 Å². The van der Waals surface area contributed by atoms with Crippen molar-refractivity contribution in [3.8, 4) is 5.69 Å². The molecule has 6 heteroatoms. The molecule has 1 N–H and O–H groups in total. The van der Waals surface area contributed by atoms with Crippen molar-refractivity contribution >= 4 is 70.1 Å². The molecule has 4 nitrogen and oxygen atoms in total. The van der Waals surface area contributed by atoms with E-state index in [0.29, 0.717) is 0 Å². The Hall–Kier alpha value is -3.83. The fourth-order valence-corrected chi connectivity index (χ4v) is 6.03. The summed E-state index contributed by atoms with van der Waals surface area (Å²) >= 11 is 1.81. The third-order valence-corrected chi connectivity index (χ3v) is 7.37. The van der Waals surface area contributed by atoms with Crippen LogP contribution < -0.4 is 0 Å². The fourth-order valence-electron chi connectivity index (χ4n) is 4.91. The average molecular weight is 692 g/mol. The summed E-state index contributed by atoms with van der Waals surface area (Å²) in [5.41, 5.74) is 5.63. The van der Waals surface area contributed by atoms with Gasteiger partial charge in [0.25, 0.3) is 0 Å². The number of ketones is 1. The van der Waals surface area contributed by atoms with Crippen molar-refractivity contribution in [3.63, 3.8) is 0 Å². The van der Waals surface area contributed by atoms with E-state index in [2.05, 4.69) is 95.6 Å². The van der Waals surface area contributed by atoms with Gasteiger partial charge in [0, 0.05) is 52.3 Å². The van der Waals surface area contributed by atoms with E-state index in [1.165, 1.54) is 62.2 Å². The molecule has 7 rings (SSSR count). The van der Waals surface area contributed by atoms with Crippen LogP contribution in [0, 0.1) is 6.07 Å². The molecule has 1 radical (unpaired) electrons. The summed E-state index contributed by atoms with van der Waals surface area (Å²) in [5.74, 6) is -0.0625. The summed E-state index contributed by atoms with van der Waals surface area (Å²) < 4.78 is 4.81. The zero-order chi connectivity index (χ0) is 25.5. The van der Waals surface area contributed by atoms with E-state index in [1.54, 1.807) is 0 Å². The average Bonchev–Trinajstić information content (AvgIpc) is 3.16. The largest absolute Gasteiger partial charge is 0.512 e. The number of allylic oxidation sites excluding steroid dienone is 2. The van der Waals surface area contributed by atoms with Gasteiger partial charge in [-0.3, -0.25) is 9.78 Å². The molecule has 0 amide bonds. The Balaban J connectivity index is 0.000000329. The second kappa shape index (κ2) is 10.5. The number of hydrogen-bond donors (Lipinski definition) is 1. The molecule has 3 heterocycles. The van der Waals surface area contributed by atoms with Gasteiger partial charge in [-0.2, -0.15) is 0 Å². The van der Waals surface area contributed by atoms with Crippen LogP contribution in [0.25, 0.3) is 58.7 Å². The minimum Gasteiger partial charge on any atom is -0.512 e.